The van der Waals surface area contributed by atoms with Crippen LogP contribution in [0.25, 0.3) is 10.9 Å². The van der Waals surface area contributed by atoms with Gasteiger partial charge in [0, 0.05) is 17.1 Å². The van der Waals surface area contributed by atoms with Crippen LogP contribution in [0, 0.1) is 12.7 Å². The minimum Gasteiger partial charge on any atom is -0.360 e. The molecule has 0 aliphatic heterocycles. The molecule has 0 spiro atoms. The summed E-state index contributed by atoms with van der Waals surface area (Å²) < 4.78 is 14.5. The van der Waals surface area contributed by atoms with Gasteiger partial charge < -0.3 is 4.98 Å². The number of rotatable bonds is 4. The molecular weight excluding hydrogens is 409 g/mol. The van der Waals surface area contributed by atoms with E-state index in [0.717, 1.165) is 16.5 Å². The van der Waals surface area contributed by atoms with Gasteiger partial charge in [-0.05, 0) is 30.7 Å². The van der Waals surface area contributed by atoms with E-state index in [1.165, 1.54) is 16.8 Å². The summed E-state index contributed by atoms with van der Waals surface area (Å²) in [4.78, 5) is 28.1. The van der Waals surface area contributed by atoms with Crippen molar-refractivity contribution in [3.63, 3.8) is 0 Å². The molecule has 2 heterocycles. The van der Waals surface area contributed by atoms with Crippen molar-refractivity contribution in [3.05, 3.63) is 88.1 Å². The van der Waals surface area contributed by atoms with Gasteiger partial charge in [0.25, 0.3) is 11.8 Å². The highest BCUT2D eigenvalue weighted by Crippen LogP contribution is 2.21. The van der Waals surface area contributed by atoms with Crippen LogP contribution in [0.2, 0.25) is 5.15 Å². The fourth-order valence-electron chi connectivity index (χ4n) is 3.18. The molecule has 0 bridgehead atoms. The highest BCUT2D eigenvalue weighted by molar-refractivity contribution is 6.33. The SMILES string of the molecule is Cc1nn(Cc2ccc(F)cc2)c(Cl)c1C(=O)NNC(=O)c1c[nH]c2ccccc12. The molecule has 7 nitrogen and oxygen atoms in total. The molecule has 0 saturated heterocycles. The Morgan fingerprint density at radius 3 is 2.57 bits per heavy atom. The molecule has 4 rings (SSSR count). The topological polar surface area (TPSA) is 91.8 Å². The van der Waals surface area contributed by atoms with Gasteiger partial charge in [0.2, 0.25) is 0 Å². The zero-order valence-corrected chi connectivity index (χ0v) is 16.6. The van der Waals surface area contributed by atoms with E-state index >= 15 is 0 Å². The molecule has 0 saturated carbocycles. The molecule has 3 N–H and O–H groups in total. The Labute approximate surface area is 175 Å². The zero-order valence-electron chi connectivity index (χ0n) is 15.9. The Bertz CT molecular complexity index is 1250. The third-order valence-electron chi connectivity index (χ3n) is 4.66. The number of aromatic nitrogens is 3. The number of amides is 2. The zero-order chi connectivity index (χ0) is 21.3. The van der Waals surface area contributed by atoms with Crippen LogP contribution in [0.5, 0.6) is 0 Å². The van der Waals surface area contributed by atoms with Gasteiger partial charge in [-0.15, -0.1) is 0 Å². The molecule has 2 aromatic heterocycles. The lowest BCUT2D eigenvalue weighted by Gasteiger charge is -2.07. The van der Waals surface area contributed by atoms with Crippen LogP contribution in [0.4, 0.5) is 4.39 Å². The molecule has 0 atom stereocenters. The summed E-state index contributed by atoms with van der Waals surface area (Å²) >= 11 is 6.35. The van der Waals surface area contributed by atoms with E-state index in [1.54, 1.807) is 25.3 Å². The molecule has 0 aliphatic rings. The summed E-state index contributed by atoms with van der Waals surface area (Å²) in [6.07, 6.45) is 1.57. The van der Waals surface area contributed by atoms with Crippen LogP contribution >= 0.6 is 11.6 Å². The fraction of sp³-hybridized carbons (Fsp3) is 0.0952. The van der Waals surface area contributed by atoms with Crippen LogP contribution in [0.3, 0.4) is 0 Å². The lowest BCUT2D eigenvalue weighted by molar-refractivity contribution is 0.0847. The number of fused-ring (bicyclic) bond motifs is 1. The van der Waals surface area contributed by atoms with E-state index in [0.29, 0.717) is 11.3 Å². The van der Waals surface area contributed by atoms with Gasteiger partial charge in [0.15, 0.2) is 0 Å². The minimum atomic E-state index is -0.587. The third-order valence-corrected chi connectivity index (χ3v) is 5.05. The molecule has 9 heteroatoms. The number of H-pyrrole nitrogens is 1. The second kappa shape index (κ2) is 8.00. The smallest absolute Gasteiger partial charge is 0.274 e. The fourth-order valence-corrected chi connectivity index (χ4v) is 3.50. The number of hydrazine groups is 1. The highest BCUT2D eigenvalue weighted by atomic mass is 35.5. The van der Waals surface area contributed by atoms with Gasteiger partial charge in [0.05, 0.1) is 17.8 Å². The Kier molecular flexibility index (Phi) is 5.24. The quantitative estimate of drug-likeness (QED) is 0.436. The number of carbonyl (C=O) groups is 2. The highest BCUT2D eigenvalue weighted by Gasteiger charge is 2.21. The Morgan fingerprint density at radius 2 is 1.80 bits per heavy atom. The van der Waals surface area contributed by atoms with Crippen molar-refractivity contribution in [2.24, 2.45) is 0 Å². The lowest BCUT2D eigenvalue weighted by Crippen LogP contribution is -2.41. The second-order valence-electron chi connectivity index (χ2n) is 6.69. The Morgan fingerprint density at radius 1 is 1.10 bits per heavy atom. The number of para-hydroxylation sites is 1. The average Bonchev–Trinajstić information content (AvgIpc) is 3.28. The van der Waals surface area contributed by atoms with Crippen LogP contribution in [0.15, 0.2) is 54.7 Å². The van der Waals surface area contributed by atoms with Gasteiger partial charge in [-0.2, -0.15) is 5.10 Å². The van der Waals surface area contributed by atoms with Crippen molar-refractivity contribution in [1.82, 2.24) is 25.6 Å². The maximum atomic E-state index is 13.1. The predicted octanol–water partition coefficient (Wildman–Crippen LogP) is 3.59. The maximum Gasteiger partial charge on any atom is 0.274 e. The number of hydrogen-bond acceptors (Lipinski definition) is 3. The maximum absolute atomic E-state index is 13.1. The van der Waals surface area contributed by atoms with Crippen molar-refractivity contribution in [3.8, 4) is 0 Å². The van der Waals surface area contributed by atoms with Gasteiger partial charge in [-0.1, -0.05) is 41.9 Å². The number of nitrogens with zero attached hydrogens (tertiary/aromatic N) is 2. The first kappa shape index (κ1) is 19.7. The van der Waals surface area contributed by atoms with E-state index < -0.39 is 11.8 Å². The van der Waals surface area contributed by atoms with Crippen molar-refractivity contribution < 1.29 is 14.0 Å². The number of benzene rings is 2. The van der Waals surface area contributed by atoms with E-state index in [-0.39, 0.29) is 23.1 Å². The number of aryl methyl sites for hydroxylation is 1. The van der Waals surface area contributed by atoms with Gasteiger partial charge in [-0.3, -0.25) is 20.4 Å². The third kappa shape index (κ3) is 3.77. The Balaban J connectivity index is 1.47. The van der Waals surface area contributed by atoms with Crippen molar-refractivity contribution in [2.45, 2.75) is 13.5 Å². The summed E-state index contributed by atoms with van der Waals surface area (Å²) in [7, 11) is 0. The number of aromatic amines is 1. The lowest BCUT2D eigenvalue weighted by atomic mass is 10.2. The van der Waals surface area contributed by atoms with Crippen LogP contribution in [-0.4, -0.2) is 26.6 Å². The molecule has 4 aromatic rings. The Hall–Kier alpha value is -3.65. The summed E-state index contributed by atoms with van der Waals surface area (Å²) in [6, 6.07) is 13.3. The number of nitrogens with one attached hydrogen (secondary N) is 3. The summed E-state index contributed by atoms with van der Waals surface area (Å²) in [5.41, 5.74) is 7.33. The minimum absolute atomic E-state index is 0.121. The van der Waals surface area contributed by atoms with Crippen molar-refractivity contribution in [1.29, 1.82) is 0 Å². The first-order chi connectivity index (χ1) is 14.4. The molecule has 0 aliphatic carbocycles. The largest absolute Gasteiger partial charge is 0.360 e. The van der Waals surface area contributed by atoms with E-state index in [1.807, 2.05) is 24.3 Å². The summed E-state index contributed by atoms with van der Waals surface area (Å²) in [5, 5.41) is 5.14. The number of carbonyl (C=O) groups excluding carboxylic acids is 2. The number of hydrogen-bond donors (Lipinski definition) is 3. The molecule has 2 amide bonds. The van der Waals surface area contributed by atoms with Gasteiger partial charge in [0.1, 0.15) is 16.5 Å². The average molecular weight is 426 g/mol. The molecular formula is C21H17ClFN5O2. The van der Waals surface area contributed by atoms with E-state index in [2.05, 4.69) is 20.9 Å². The van der Waals surface area contributed by atoms with E-state index in [4.69, 9.17) is 11.6 Å². The van der Waals surface area contributed by atoms with Crippen molar-refractivity contribution in [2.75, 3.05) is 0 Å². The summed E-state index contributed by atoms with van der Waals surface area (Å²) in [5.74, 6) is -1.39. The predicted molar refractivity (Wildman–Crippen MR) is 111 cm³/mol. The molecule has 0 radical (unpaired) electrons. The monoisotopic (exact) mass is 425 g/mol. The molecule has 2 aromatic carbocycles. The first-order valence-corrected chi connectivity index (χ1v) is 9.46. The van der Waals surface area contributed by atoms with Gasteiger partial charge in [-0.25, -0.2) is 9.07 Å². The van der Waals surface area contributed by atoms with Crippen molar-refractivity contribution >= 4 is 34.3 Å². The molecule has 30 heavy (non-hydrogen) atoms. The van der Waals surface area contributed by atoms with Crippen LogP contribution in [0.1, 0.15) is 32.0 Å². The number of halogens is 2. The first-order valence-electron chi connectivity index (χ1n) is 9.08. The molecule has 0 unspecified atom stereocenters. The molecule has 152 valence electrons. The van der Waals surface area contributed by atoms with E-state index in [9.17, 15) is 14.0 Å². The summed E-state index contributed by atoms with van der Waals surface area (Å²) in [6.45, 7) is 1.92. The normalized spacial score (nSPS) is 10.9. The molecule has 0 fully saturated rings. The second-order valence-corrected chi connectivity index (χ2v) is 7.05. The van der Waals surface area contributed by atoms with Crippen LogP contribution < -0.4 is 10.9 Å². The standard InChI is InChI=1S/C21H17ClFN5O2/c1-12-18(19(22)28(27-12)11-13-6-8-14(23)9-7-13)21(30)26-25-20(29)16-10-24-17-5-3-2-4-15(16)17/h2-10,24H,11H2,1H3,(H,25,29)(H,26,30). The van der Waals surface area contributed by atoms with Gasteiger partial charge >= 0.3 is 0 Å². The van der Waals surface area contributed by atoms with Crippen LogP contribution in [-0.2, 0) is 6.54 Å².